The van der Waals surface area contributed by atoms with Gasteiger partial charge in [0.1, 0.15) is 0 Å². The molecule has 2 aliphatic heterocycles. The summed E-state index contributed by atoms with van der Waals surface area (Å²) in [6.07, 6.45) is 8.90. The molecule has 0 aromatic carbocycles. The van der Waals surface area contributed by atoms with Crippen LogP contribution in [0.5, 0.6) is 0 Å². The van der Waals surface area contributed by atoms with Crippen molar-refractivity contribution < 1.29 is 4.74 Å². The Morgan fingerprint density at radius 3 is 2.72 bits per heavy atom. The Bertz CT molecular complexity index is 678. The van der Waals surface area contributed by atoms with Gasteiger partial charge in [-0.3, -0.25) is 9.88 Å². The summed E-state index contributed by atoms with van der Waals surface area (Å²) in [6, 6.07) is 4.20. The number of hydrogen-bond donors (Lipinski definition) is 0. The summed E-state index contributed by atoms with van der Waals surface area (Å²) >= 11 is 0. The number of aromatic nitrogens is 3. The molecule has 0 aliphatic carbocycles. The summed E-state index contributed by atoms with van der Waals surface area (Å²) in [4.78, 5) is 17.8. The van der Waals surface area contributed by atoms with Crippen LogP contribution in [0.15, 0.2) is 36.9 Å². The van der Waals surface area contributed by atoms with Gasteiger partial charge in [0, 0.05) is 63.4 Å². The van der Waals surface area contributed by atoms with E-state index in [4.69, 9.17) is 4.74 Å². The Morgan fingerprint density at radius 2 is 1.92 bits per heavy atom. The summed E-state index contributed by atoms with van der Waals surface area (Å²) in [6.45, 7) is 7.73. The molecule has 2 saturated heterocycles. The van der Waals surface area contributed by atoms with E-state index in [1.165, 1.54) is 5.56 Å². The maximum Gasteiger partial charge on any atom is 0.225 e. The fourth-order valence-electron chi connectivity index (χ4n) is 3.74. The molecule has 25 heavy (non-hydrogen) atoms. The maximum absolute atomic E-state index is 6.20. The molecule has 0 radical (unpaired) electrons. The Balaban J connectivity index is 1.39. The molecular formula is C19H25N5O. The normalized spacial score (nSPS) is 24.6. The lowest BCUT2D eigenvalue weighted by molar-refractivity contribution is 0.0249. The molecule has 2 aromatic heterocycles. The van der Waals surface area contributed by atoms with Crippen molar-refractivity contribution in [3.63, 3.8) is 0 Å². The van der Waals surface area contributed by atoms with E-state index in [2.05, 4.69) is 36.9 Å². The van der Waals surface area contributed by atoms with Crippen LogP contribution in [-0.4, -0.2) is 58.7 Å². The first kappa shape index (κ1) is 16.4. The molecule has 2 fully saturated rings. The Morgan fingerprint density at radius 1 is 1.12 bits per heavy atom. The lowest BCUT2D eigenvalue weighted by Crippen LogP contribution is -2.47. The van der Waals surface area contributed by atoms with Crippen LogP contribution in [0, 0.1) is 12.8 Å². The molecule has 4 heterocycles. The van der Waals surface area contributed by atoms with E-state index in [1.807, 2.05) is 31.7 Å². The SMILES string of the molecule is Cc1cnc(N2CC[C@H]3CN(Cc4ccncc4)CCO[C@H]3C2)nc1. The lowest BCUT2D eigenvalue weighted by Gasteiger charge is -2.38. The summed E-state index contributed by atoms with van der Waals surface area (Å²) in [5.74, 6) is 1.40. The highest BCUT2D eigenvalue weighted by atomic mass is 16.5. The third-order valence-corrected chi connectivity index (χ3v) is 5.13. The predicted octanol–water partition coefficient (Wildman–Crippen LogP) is 1.91. The summed E-state index contributed by atoms with van der Waals surface area (Å²) < 4.78 is 6.20. The number of rotatable bonds is 3. The molecule has 2 aromatic rings. The third-order valence-electron chi connectivity index (χ3n) is 5.13. The molecule has 0 N–H and O–H groups in total. The van der Waals surface area contributed by atoms with Crippen LogP contribution in [0.3, 0.4) is 0 Å². The van der Waals surface area contributed by atoms with Crippen molar-refractivity contribution in [2.45, 2.75) is 26.0 Å². The number of pyridine rings is 1. The van der Waals surface area contributed by atoms with Crippen molar-refractivity contribution in [2.24, 2.45) is 5.92 Å². The second-order valence-electron chi connectivity index (χ2n) is 7.06. The van der Waals surface area contributed by atoms with Crippen LogP contribution in [-0.2, 0) is 11.3 Å². The zero-order valence-electron chi connectivity index (χ0n) is 14.7. The van der Waals surface area contributed by atoms with E-state index in [9.17, 15) is 0 Å². The molecule has 2 aliphatic rings. The van der Waals surface area contributed by atoms with Gasteiger partial charge in [0.05, 0.1) is 12.7 Å². The van der Waals surface area contributed by atoms with Gasteiger partial charge < -0.3 is 9.64 Å². The van der Waals surface area contributed by atoms with Crippen molar-refractivity contribution in [1.29, 1.82) is 0 Å². The van der Waals surface area contributed by atoms with Gasteiger partial charge in [-0.1, -0.05) is 0 Å². The summed E-state index contributed by atoms with van der Waals surface area (Å²) in [5.41, 5.74) is 2.41. The number of aryl methyl sites for hydroxylation is 1. The first-order valence-electron chi connectivity index (χ1n) is 9.04. The smallest absolute Gasteiger partial charge is 0.225 e. The Hall–Kier alpha value is -2.05. The van der Waals surface area contributed by atoms with Gasteiger partial charge in [-0.05, 0) is 36.6 Å². The third kappa shape index (κ3) is 3.96. The molecule has 2 atom stereocenters. The first-order chi connectivity index (χ1) is 12.3. The van der Waals surface area contributed by atoms with Crippen LogP contribution in [0.2, 0.25) is 0 Å². The fraction of sp³-hybridized carbons (Fsp3) is 0.526. The molecule has 6 heteroatoms. The zero-order valence-corrected chi connectivity index (χ0v) is 14.7. The monoisotopic (exact) mass is 339 g/mol. The number of piperidine rings is 1. The number of ether oxygens (including phenoxy) is 1. The second kappa shape index (κ2) is 7.45. The second-order valence-corrected chi connectivity index (χ2v) is 7.06. The molecule has 0 unspecified atom stereocenters. The summed E-state index contributed by atoms with van der Waals surface area (Å²) in [7, 11) is 0. The highest BCUT2D eigenvalue weighted by Gasteiger charge is 2.34. The quantitative estimate of drug-likeness (QED) is 0.851. The van der Waals surface area contributed by atoms with Crippen molar-refractivity contribution in [1.82, 2.24) is 19.9 Å². The molecule has 0 amide bonds. The van der Waals surface area contributed by atoms with Crippen molar-refractivity contribution >= 4 is 5.95 Å². The minimum atomic E-state index is 0.265. The number of anilines is 1. The summed E-state index contributed by atoms with van der Waals surface area (Å²) in [5, 5.41) is 0. The van der Waals surface area contributed by atoms with Crippen molar-refractivity contribution in [3.8, 4) is 0 Å². The van der Waals surface area contributed by atoms with Crippen molar-refractivity contribution in [3.05, 3.63) is 48.0 Å². The van der Waals surface area contributed by atoms with E-state index in [0.717, 1.165) is 57.3 Å². The zero-order chi connectivity index (χ0) is 17.1. The van der Waals surface area contributed by atoms with Gasteiger partial charge in [-0.25, -0.2) is 9.97 Å². The van der Waals surface area contributed by atoms with Gasteiger partial charge in [0.25, 0.3) is 0 Å². The average molecular weight is 339 g/mol. The first-order valence-corrected chi connectivity index (χ1v) is 9.04. The van der Waals surface area contributed by atoms with E-state index < -0.39 is 0 Å². The van der Waals surface area contributed by atoms with Crippen LogP contribution >= 0.6 is 0 Å². The molecule has 4 rings (SSSR count). The Labute approximate surface area is 148 Å². The minimum Gasteiger partial charge on any atom is -0.375 e. The van der Waals surface area contributed by atoms with Crippen LogP contribution in [0.4, 0.5) is 5.95 Å². The number of nitrogens with zero attached hydrogens (tertiary/aromatic N) is 5. The molecule has 132 valence electrons. The number of fused-ring (bicyclic) bond motifs is 1. The highest BCUT2D eigenvalue weighted by Crippen LogP contribution is 2.26. The maximum atomic E-state index is 6.20. The average Bonchev–Trinajstić information content (AvgIpc) is 2.84. The number of hydrogen-bond acceptors (Lipinski definition) is 6. The molecular weight excluding hydrogens is 314 g/mol. The minimum absolute atomic E-state index is 0.265. The van der Waals surface area contributed by atoms with Crippen LogP contribution in [0.25, 0.3) is 0 Å². The Kier molecular flexibility index (Phi) is 4.90. The van der Waals surface area contributed by atoms with Crippen LogP contribution in [0.1, 0.15) is 17.5 Å². The molecule has 0 bridgehead atoms. The predicted molar refractivity (Wildman–Crippen MR) is 96.3 cm³/mol. The van der Waals surface area contributed by atoms with Crippen molar-refractivity contribution in [2.75, 3.05) is 37.7 Å². The van der Waals surface area contributed by atoms with Gasteiger partial charge in [0.15, 0.2) is 0 Å². The van der Waals surface area contributed by atoms with Gasteiger partial charge in [-0.2, -0.15) is 0 Å². The van der Waals surface area contributed by atoms with Crippen LogP contribution < -0.4 is 4.90 Å². The topological polar surface area (TPSA) is 54.4 Å². The molecule has 0 spiro atoms. The fourth-order valence-corrected chi connectivity index (χ4v) is 3.74. The van der Waals surface area contributed by atoms with E-state index in [0.29, 0.717) is 5.92 Å². The highest BCUT2D eigenvalue weighted by molar-refractivity contribution is 5.31. The van der Waals surface area contributed by atoms with Gasteiger partial charge in [-0.15, -0.1) is 0 Å². The van der Waals surface area contributed by atoms with E-state index >= 15 is 0 Å². The standard InChI is InChI=1S/C19H25N5O/c1-15-10-21-19(22-11-15)24-7-4-17-13-23(8-9-25-18(17)14-24)12-16-2-5-20-6-3-16/h2-3,5-6,10-11,17-18H,4,7-9,12-14H2,1H3/t17-,18-/m0/s1. The molecule has 0 saturated carbocycles. The molecule has 6 nitrogen and oxygen atoms in total. The van der Waals surface area contributed by atoms with Gasteiger partial charge >= 0.3 is 0 Å². The largest absolute Gasteiger partial charge is 0.375 e. The van der Waals surface area contributed by atoms with E-state index in [-0.39, 0.29) is 6.10 Å². The van der Waals surface area contributed by atoms with E-state index in [1.54, 1.807) is 0 Å². The lowest BCUT2D eigenvalue weighted by atomic mass is 9.93. The van der Waals surface area contributed by atoms with Gasteiger partial charge in [0.2, 0.25) is 5.95 Å².